The first-order chi connectivity index (χ1) is 9.20. The van der Waals surface area contributed by atoms with Crippen LogP contribution in [0.25, 0.3) is 0 Å². The van der Waals surface area contributed by atoms with Crippen LogP contribution in [0.4, 0.5) is 0 Å². The lowest BCUT2D eigenvalue weighted by molar-refractivity contribution is 0.0517. The van der Waals surface area contributed by atoms with E-state index in [9.17, 15) is 0 Å². The van der Waals surface area contributed by atoms with Crippen molar-refractivity contribution in [3.05, 3.63) is 0 Å². The fourth-order valence-electron chi connectivity index (χ4n) is 3.35. The molecule has 0 aliphatic carbocycles. The van der Waals surface area contributed by atoms with Crippen LogP contribution in [-0.4, -0.2) is 98.9 Å². The molecule has 5 nitrogen and oxygen atoms in total. The molecule has 2 aliphatic heterocycles. The monoisotopic (exact) mass is 270 g/mol. The van der Waals surface area contributed by atoms with Gasteiger partial charge in [-0.25, -0.2) is 0 Å². The summed E-state index contributed by atoms with van der Waals surface area (Å²) >= 11 is 0. The summed E-state index contributed by atoms with van der Waals surface area (Å²) in [6.45, 7) is 9.21. The summed E-state index contributed by atoms with van der Waals surface area (Å²) in [7, 11) is 4.34. The van der Waals surface area contributed by atoms with Crippen LogP contribution in [-0.2, 0) is 0 Å². The van der Waals surface area contributed by atoms with Crippen LogP contribution in [0, 0.1) is 5.92 Å². The standard InChI is InChI=1S/C14H30N4O/c1-16-5-7-18(8-6-16)14-11-15-4-3-13(14)12-17(2)9-10-19/h13-15,19H,3-12H2,1-2H3. The molecule has 0 aromatic heterocycles. The molecular weight excluding hydrogens is 240 g/mol. The second kappa shape index (κ2) is 7.55. The highest BCUT2D eigenvalue weighted by Gasteiger charge is 2.31. The Morgan fingerprint density at radius 2 is 2.00 bits per heavy atom. The fraction of sp³-hybridized carbons (Fsp3) is 1.00. The van der Waals surface area contributed by atoms with Crippen molar-refractivity contribution in [1.82, 2.24) is 20.0 Å². The van der Waals surface area contributed by atoms with Crippen molar-refractivity contribution in [2.45, 2.75) is 12.5 Å². The smallest absolute Gasteiger partial charge is 0.0558 e. The van der Waals surface area contributed by atoms with Crippen molar-refractivity contribution in [1.29, 1.82) is 0 Å². The van der Waals surface area contributed by atoms with E-state index in [4.69, 9.17) is 5.11 Å². The molecule has 2 heterocycles. The van der Waals surface area contributed by atoms with Crippen molar-refractivity contribution in [2.24, 2.45) is 5.92 Å². The van der Waals surface area contributed by atoms with Crippen LogP contribution >= 0.6 is 0 Å². The van der Waals surface area contributed by atoms with Gasteiger partial charge in [0.1, 0.15) is 0 Å². The van der Waals surface area contributed by atoms with Crippen molar-refractivity contribution in [3.8, 4) is 0 Å². The van der Waals surface area contributed by atoms with Crippen LogP contribution in [0.3, 0.4) is 0 Å². The van der Waals surface area contributed by atoms with Crippen molar-refractivity contribution in [2.75, 3.05) is 73.1 Å². The second-order valence-electron chi connectivity index (χ2n) is 6.15. The first-order valence-corrected chi connectivity index (χ1v) is 7.63. The van der Waals surface area contributed by atoms with Gasteiger partial charge >= 0.3 is 0 Å². The Morgan fingerprint density at radius 3 is 2.68 bits per heavy atom. The Morgan fingerprint density at radius 1 is 1.26 bits per heavy atom. The third-order valence-corrected chi connectivity index (χ3v) is 4.62. The normalized spacial score (nSPS) is 30.9. The minimum Gasteiger partial charge on any atom is -0.395 e. The van der Waals surface area contributed by atoms with E-state index >= 15 is 0 Å². The molecule has 0 aromatic carbocycles. The van der Waals surface area contributed by atoms with Gasteiger partial charge in [0.15, 0.2) is 0 Å². The molecule has 2 fully saturated rings. The Balaban J connectivity index is 1.88. The molecule has 0 bridgehead atoms. The number of rotatable bonds is 5. The summed E-state index contributed by atoms with van der Waals surface area (Å²) in [4.78, 5) is 7.36. The number of aliphatic hydroxyl groups excluding tert-OH is 1. The molecule has 0 radical (unpaired) electrons. The lowest BCUT2D eigenvalue weighted by atomic mass is 9.90. The fourth-order valence-corrected chi connectivity index (χ4v) is 3.35. The van der Waals surface area contributed by atoms with E-state index < -0.39 is 0 Å². The number of hydrogen-bond acceptors (Lipinski definition) is 5. The highest BCUT2D eigenvalue weighted by Crippen LogP contribution is 2.20. The third kappa shape index (κ3) is 4.39. The maximum absolute atomic E-state index is 9.04. The third-order valence-electron chi connectivity index (χ3n) is 4.62. The van der Waals surface area contributed by atoms with E-state index in [2.05, 4.69) is 34.1 Å². The summed E-state index contributed by atoms with van der Waals surface area (Å²) in [5.74, 6) is 0.737. The minimum absolute atomic E-state index is 0.265. The molecule has 112 valence electrons. The Hall–Kier alpha value is -0.200. The molecule has 0 aromatic rings. The van der Waals surface area contributed by atoms with Crippen LogP contribution in [0.5, 0.6) is 0 Å². The zero-order chi connectivity index (χ0) is 13.7. The number of nitrogens with zero attached hydrogens (tertiary/aromatic N) is 3. The van der Waals surface area contributed by atoms with Gasteiger partial charge in [0.2, 0.25) is 0 Å². The van der Waals surface area contributed by atoms with Crippen LogP contribution in [0.15, 0.2) is 0 Å². The molecule has 2 unspecified atom stereocenters. The van der Waals surface area contributed by atoms with Gasteiger partial charge in [-0.2, -0.15) is 0 Å². The summed E-state index contributed by atoms with van der Waals surface area (Å²) in [5.41, 5.74) is 0. The van der Waals surface area contributed by atoms with Crippen LogP contribution in [0.1, 0.15) is 6.42 Å². The summed E-state index contributed by atoms with van der Waals surface area (Å²) in [6.07, 6.45) is 1.26. The molecule has 2 atom stereocenters. The zero-order valence-electron chi connectivity index (χ0n) is 12.5. The van der Waals surface area contributed by atoms with Crippen LogP contribution < -0.4 is 5.32 Å². The van der Waals surface area contributed by atoms with Gasteiger partial charge < -0.3 is 20.2 Å². The van der Waals surface area contributed by atoms with Gasteiger partial charge in [-0.3, -0.25) is 4.90 Å². The molecule has 19 heavy (non-hydrogen) atoms. The van der Waals surface area contributed by atoms with Gasteiger partial charge in [-0.15, -0.1) is 0 Å². The van der Waals surface area contributed by atoms with E-state index in [0.717, 1.165) is 32.1 Å². The quantitative estimate of drug-likeness (QED) is 0.680. The molecule has 0 saturated carbocycles. The first-order valence-electron chi connectivity index (χ1n) is 7.63. The number of piperidine rings is 1. The maximum atomic E-state index is 9.04. The van der Waals surface area contributed by atoms with E-state index in [1.807, 2.05) is 0 Å². The molecule has 2 N–H and O–H groups in total. The summed E-state index contributed by atoms with van der Waals surface area (Å²) < 4.78 is 0. The van der Waals surface area contributed by atoms with Crippen molar-refractivity contribution in [3.63, 3.8) is 0 Å². The molecule has 5 heteroatoms. The zero-order valence-corrected chi connectivity index (χ0v) is 12.5. The average Bonchev–Trinajstić information content (AvgIpc) is 2.41. The van der Waals surface area contributed by atoms with Gasteiger partial charge in [0.05, 0.1) is 6.61 Å². The maximum Gasteiger partial charge on any atom is 0.0558 e. The largest absolute Gasteiger partial charge is 0.395 e. The van der Waals surface area contributed by atoms with Gasteiger partial charge in [0, 0.05) is 51.9 Å². The molecule has 2 aliphatic rings. The predicted octanol–water partition coefficient (Wildman–Crippen LogP) is -0.864. The van der Waals surface area contributed by atoms with Gasteiger partial charge in [0.25, 0.3) is 0 Å². The van der Waals surface area contributed by atoms with Crippen molar-refractivity contribution < 1.29 is 5.11 Å². The lowest BCUT2D eigenvalue weighted by Crippen LogP contribution is -2.58. The van der Waals surface area contributed by atoms with Gasteiger partial charge in [-0.1, -0.05) is 0 Å². The Bertz CT molecular complexity index is 256. The Kier molecular flexibility index (Phi) is 6.04. The number of aliphatic hydroxyl groups is 1. The van der Waals surface area contributed by atoms with Crippen molar-refractivity contribution >= 4 is 0 Å². The first kappa shape index (κ1) is 15.2. The summed E-state index contributed by atoms with van der Waals surface area (Å²) in [5, 5.41) is 12.6. The van der Waals surface area contributed by atoms with Gasteiger partial charge in [-0.05, 0) is 33.0 Å². The number of hydrogen-bond donors (Lipinski definition) is 2. The van der Waals surface area contributed by atoms with E-state index in [1.54, 1.807) is 0 Å². The van der Waals surface area contributed by atoms with E-state index in [1.165, 1.54) is 32.6 Å². The molecule has 2 rings (SSSR count). The Labute approximate surface area is 117 Å². The van der Waals surface area contributed by atoms with Crippen LogP contribution in [0.2, 0.25) is 0 Å². The second-order valence-corrected chi connectivity index (χ2v) is 6.15. The number of likely N-dealkylation sites (N-methyl/N-ethyl adjacent to an activating group) is 2. The highest BCUT2D eigenvalue weighted by atomic mass is 16.3. The topological polar surface area (TPSA) is 42.0 Å². The molecule has 0 amide bonds. The minimum atomic E-state index is 0.265. The predicted molar refractivity (Wildman–Crippen MR) is 78.4 cm³/mol. The SMILES string of the molecule is CN1CCN(C2CNCCC2CN(C)CCO)CC1. The number of nitrogens with one attached hydrogen (secondary N) is 1. The molecular formula is C14H30N4O. The van der Waals surface area contributed by atoms with E-state index in [-0.39, 0.29) is 6.61 Å². The summed E-state index contributed by atoms with van der Waals surface area (Å²) in [6, 6.07) is 0.670. The van der Waals surface area contributed by atoms with E-state index in [0.29, 0.717) is 6.04 Å². The molecule has 0 spiro atoms. The molecule has 2 saturated heterocycles. The highest BCUT2D eigenvalue weighted by molar-refractivity contribution is 4.89. The average molecular weight is 270 g/mol. The number of piperazine rings is 1. The lowest BCUT2D eigenvalue weighted by Gasteiger charge is -2.44.